The van der Waals surface area contributed by atoms with Crippen LogP contribution in [0.1, 0.15) is 33.1 Å². The van der Waals surface area contributed by atoms with Gasteiger partial charge < -0.3 is 14.5 Å². The summed E-state index contributed by atoms with van der Waals surface area (Å²) in [7, 11) is 1.60. The van der Waals surface area contributed by atoms with E-state index in [1.165, 1.54) is 0 Å². The van der Waals surface area contributed by atoms with E-state index in [9.17, 15) is 9.59 Å². The van der Waals surface area contributed by atoms with Crippen molar-refractivity contribution in [1.82, 2.24) is 4.98 Å². The molecule has 0 fully saturated rings. The number of hydrogen-bond acceptors (Lipinski definition) is 4. The number of methoxy groups -OCH3 is 1. The highest BCUT2D eigenvalue weighted by molar-refractivity contribution is 6.01. The van der Waals surface area contributed by atoms with E-state index in [0.29, 0.717) is 28.3 Å². The number of hydrogen-bond donors (Lipinski definition) is 1. The molecule has 5 nitrogen and oxygen atoms in total. The average Bonchev–Trinajstić information content (AvgIpc) is 3.07. The molecule has 5 heteroatoms. The van der Waals surface area contributed by atoms with E-state index in [0.717, 1.165) is 5.56 Å². The second-order valence-electron chi connectivity index (χ2n) is 6.58. The fourth-order valence-electron chi connectivity index (χ4n) is 3.54. The number of carbonyl (C=O) groups excluding carboxylic acids is 1. The Morgan fingerprint density at radius 3 is 2.44 bits per heavy atom. The number of Topliss-reactive ketones (excluding diaryl/α,β-unsaturated/α-hetero) is 1. The zero-order valence-corrected chi connectivity index (χ0v) is 15.1. The maximum absolute atomic E-state index is 13.2. The summed E-state index contributed by atoms with van der Waals surface area (Å²) in [4.78, 5) is 28.6. The van der Waals surface area contributed by atoms with Gasteiger partial charge >= 0.3 is 0 Å². The lowest BCUT2D eigenvalue weighted by molar-refractivity contribution is 0.0806. The van der Waals surface area contributed by atoms with E-state index in [-0.39, 0.29) is 11.3 Å². The van der Waals surface area contributed by atoms with Gasteiger partial charge in [0.2, 0.25) is 5.78 Å². The SMILES string of the molecule is COc1ccc(C2c3c(cc(C)[nH]c3=O)OC2C(=O)c2ccccc2)cc1. The van der Waals surface area contributed by atoms with Crippen molar-refractivity contribution in [1.29, 1.82) is 0 Å². The molecule has 2 unspecified atom stereocenters. The molecule has 4 rings (SSSR count). The maximum atomic E-state index is 13.2. The molecule has 136 valence electrons. The third-order valence-electron chi connectivity index (χ3n) is 4.83. The lowest BCUT2D eigenvalue weighted by Gasteiger charge is -2.18. The normalized spacial score (nSPS) is 17.9. The van der Waals surface area contributed by atoms with Gasteiger partial charge in [-0.2, -0.15) is 0 Å². The number of H-pyrrole nitrogens is 1. The van der Waals surface area contributed by atoms with Crippen molar-refractivity contribution in [2.75, 3.05) is 7.11 Å². The summed E-state index contributed by atoms with van der Waals surface area (Å²) >= 11 is 0. The van der Waals surface area contributed by atoms with Gasteiger partial charge in [-0.05, 0) is 30.7 Å². The Hall–Kier alpha value is -3.34. The van der Waals surface area contributed by atoms with Crippen LogP contribution in [0.25, 0.3) is 0 Å². The third kappa shape index (κ3) is 3.01. The first-order valence-electron chi connectivity index (χ1n) is 8.72. The van der Waals surface area contributed by atoms with Crippen LogP contribution in [0.4, 0.5) is 0 Å². The standard InChI is InChI=1S/C22H19NO4/c1-13-12-17-19(22(25)23-13)18(14-8-10-16(26-2)11-9-14)21(27-17)20(24)15-6-4-3-5-7-15/h3-12,18,21H,1-2H3,(H,23,25). The first kappa shape index (κ1) is 17.1. The summed E-state index contributed by atoms with van der Waals surface area (Å²) < 4.78 is 11.2. The number of carbonyl (C=O) groups is 1. The van der Waals surface area contributed by atoms with Crippen LogP contribution in [0.3, 0.4) is 0 Å². The Labute approximate surface area is 156 Å². The Kier molecular flexibility index (Phi) is 4.28. The molecule has 0 saturated heterocycles. The highest BCUT2D eigenvalue weighted by Gasteiger charge is 2.42. The monoisotopic (exact) mass is 361 g/mol. The molecule has 1 N–H and O–H groups in total. The number of pyridine rings is 1. The summed E-state index contributed by atoms with van der Waals surface area (Å²) in [6, 6.07) is 18.1. The van der Waals surface area contributed by atoms with Gasteiger partial charge in [-0.1, -0.05) is 42.5 Å². The molecule has 1 aromatic heterocycles. The van der Waals surface area contributed by atoms with Crippen molar-refractivity contribution in [3.05, 3.63) is 93.4 Å². The number of fused-ring (bicyclic) bond motifs is 1. The summed E-state index contributed by atoms with van der Waals surface area (Å²) in [5.41, 5.74) is 2.34. The number of aromatic amines is 1. The Morgan fingerprint density at radius 2 is 1.78 bits per heavy atom. The topological polar surface area (TPSA) is 68.4 Å². The van der Waals surface area contributed by atoms with Crippen LogP contribution in [-0.4, -0.2) is 24.0 Å². The van der Waals surface area contributed by atoms with Gasteiger partial charge in [-0.15, -0.1) is 0 Å². The molecular weight excluding hydrogens is 342 g/mol. The van der Waals surface area contributed by atoms with Crippen molar-refractivity contribution >= 4 is 5.78 Å². The third-order valence-corrected chi connectivity index (χ3v) is 4.83. The van der Waals surface area contributed by atoms with Gasteiger partial charge in [-0.25, -0.2) is 0 Å². The Balaban J connectivity index is 1.84. The molecule has 0 amide bonds. The van der Waals surface area contributed by atoms with E-state index in [4.69, 9.17) is 9.47 Å². The van der Waals surface area contributed by atoms with Gasteiger partial charge in [-0.3, -0.25) is 9.59 Å². The van der Waals surface area contributed by atoms with Crippen LogP contribution in [0, 0.1) is 6.92 Å². The van der Waals surface area contributed by atoms with E-state index in [1.54, 1.807) is 32.2 Å². The Morgan fingerprint density at radius 1 is 1.07 bits per heavy atom. The minimum Gasteiger partial charge on any atom is -0.497 e. The van der Waals surface area contributed by atoms with Crippen LogP contribution in [-0.2, 0) is 0 Å². The van der Waals surface area contributed by atoms with E-state index in [1.807, 2.05) is 42.5 Å². The van der Waals surface area contributed by atoms with Crippen LogP contribution >= 0.6 is 0 Å². The smallest absolute Gasteiger partial charge is 0.255 e. The molecule has 2 heterocycles. The fourth-order valence-corrected chi connectivity index (χ4v) is 3.54. The molecular formula is C22H19NO4. The minimum atomic E-state index is -0.793. The van der Waals surface area contributed by atoms with Crippen LogP contribution in [0.5, 0.6) is 11.5 Å². The first-order valence-corrected chi connectivity index (χ1v) is 8.72. The second-order valence-corrected chi connectivity index (χ2v) is 6.58. The number of ketones is 1. The van der Waals surface area contributed by atoms with Gasteiger partial charge in [0, 0.05) is 11.3 Å². The van der Waals surface area contributed by atoms with E-state index < -0.39 is 12.0 Å². The molecule has 0 bridgehead atoms. The number of aryl methyl sites for hydroxylation is 1. The van der Waals surface area contributed by atoms with Crippen molar-refractivity contribution in [2.24, 2.45) is 0 Å². The number of rotatable bonds is 4. The molecule has 0 spiro atoms. The molecule has 1 aliphatic rings. The number of benzene rings is 2. The highest BCUT2D eigenvalue weighted by Crippen LogP contribution is 2.41. The summed E-state index contributed by atoms with van der Waals surface area (Å²) in [5.74, 6) is 0.542. The van der Waals surface area contributed by atoms with Gasteiger partial charge in [0.15, 0.2) is 6.10 Å². The quantitative estimate of drug-likeness (QED) is 0.723. The molecule has 0 radical (unpaired) electrons. The first-order chi connectivity index (χ1) is 13.1. The molecule has 0 aliphatic carbocycles. The number of aromatic nitrogens is 1. The van der Waals surface area contributed by atoms with Crippen molar-refractivity contribution < 1.29 is 14.3 Å². The zero-order valence-electron chi connectivity index (χ0n) is 15.1. The van der Waals surface area contributed by atoms with Crippen LogP contribution < -0.4 is 15.0 Å². The van der Waals surface area contributed by atoms with Gasteiger partial charge in [0.25, 0.3) is 5.56 Å². The molecule has 2 atom stereocenters. The summed E-state index contributed by atoms with van der Waals surface area (Å²) in [5, 5.41) is 0. The molecule has 2 aromatic carbocycles. The average molecular weight is 361 g/mol. The van der Waals surface area contributed by atoms with Crippen molar-refractivity contribution in [3.8, 4) is 11.5 Å². The molecule has 27 heavy (non-hydrogen) atoms. The predicted octanol–water partition coefficient (Wildman–Crippen LogP) is 3.47. The zero-order chi connectivity index (χ0) is 19.0. The van der Waals surface area contributed by atoms with E-state index >= 15 is 0 Å². The van der Waals surface area contributed by atoms with Gasteiger partial charge in [0.1, 0.15) is 11.5 Å². The highest BCUT2D eigenvalue weighted by atomic mass is 16.5. The lowest BCUT2D eigenvalue weighted by Crippen LogP contribution is -2.31. The van der Waals surface area contributed by atoms with Gasteiger partial charge in [0.05, 0.1) is 18.6 Å². The summed E-state index contributed by atoms with van der Waals surface area (Å²) in [6.45, 7) is 1.79. The second kappa shape index (κ2) is 6.76. The molecule has 1 aliphatic heterocycles. The number of nitrogens with one attached hydrogen (secondary N) is 1. The molecule has 0 saturated carbocycles. The number of ether oxygens (including phenoxy) is 2. The van der Waals surface area contributed by atoms with Crippen LogP contribution in [0.15, 0.2) is 65.5 Å². The van der Waals surface area contributed by atoms with Crippen LogP contribution in [0.2, 0.25) is 0 Å². The largest absolute Gasteiger partial charge is 0.497 e. The van der Waals surface area contributed by atoms with E-state index in [2.05, 4.69) is 4.98 Å². The predicted molar refractivity (Wildman–Crippen MR) is 102 cm³/mol. The maximum Gasteiger partial charge on any atom is 0.255 e. The van der Waals surface area contributed by atoms with Crippen molar-refractivity contribution in [3.63, 3.8) is 0 Å². The molecule has 3 aromatic rings. The fraction of sp³-hybridized carbons (Fsp3) is 0.182. The lowest BCUT2D eigenvalue weighted by atomic mass is 9.85. The Bertz CT molecular complexity index is 1040. The van der Waals surface area contributed by atoms with Crippen molar-refractivity contribution in [2.45, 2.75) is 18.9 Å². The minimum absolute atomic E-state index is 0.148. The summed E-state index contributed by atoms with van der Waals surface area (Å²) in [6.07, 6.45) is -0.793.